The lowest BCUT2D eigenvalue weighted by molar-refractivity contribution is -0.132. The normalized spacial score (nSPS) is 18.7. The van der Waals surface area contributed by atoms with Gasteiger partial charge in [-0.15, -0.1) is 10.2 Å². The van der Waals surface area contributed by atoms with Crippen LogP contribution in [0.15, 0.2) is 76.6 Å². The lowest BCUT2D eigenvalue weighted by atomic mass is 9.94. The highest BCUT2D eigenvalue weighted by Crippen LogP contribution is 2.45. The van der Waals surface area contributed by atoms with Crippen molar-refractivity contribution in [2.45, 2.75) is 61.8 Å². The van der Waals surface area contributed by atoms with Crippen LogP contribution >= 0.6 is 23.1 Å². The number of aliphatic hydroxyl groups excluding tert-OH is 1. The van der Waals surface area contributed by atoms with Gasteiger partial charge in [-0.1, -0.05) is 73.2 Å². The van der Waals surface area contributed by atoms with Gasteiger partial charge in [0.1, 0.15) is 29.2 Å². The van der Waals surface area contributed by atoms with E-state index in [9.17, 15) is 19.1 Å². The summed E-state index contributed by atoms with van der Waals surface area (Å²) in [5.74, 6) is -0.501. The van der Waals surface area contributed by atoms with E-state index >= 15 is 0 Å². The molecular formula is C34H32FN3O5S2. The van der Waals surface area contributed by atoms with Gasteiger partial charge in [0.25, 0.3) is 5.78 Å². The standard InChI is InChI=1S/C34H32FN3O5S2/c1-3-4-7-16-42-25-13-10-21(11-14-25)29-28(30(39)22-12-15-27-24(18-22)17-20(2)43-27)31(40)32(41)38(29)33-36-37-34(45-33)44-19-23-8-5-6-9-26(23)35/h5-6,8-15,18,20,29,39H,3-4,7,16-17,19H2,1-2H3/b30-28+. The van der Waals surface area contributed by atoms with Crippen LogP contribution in [0.5, 0.6) is 11.5 Å². The van der Waals surface area contributed by atoms with Gasteiger partial charge in [0.15, 0.2) is 4.34 Å². The number of Topliss-reactive ketones (excluding diaryl/α,β-unsaturated/α-hetero) is 1. The number of aromatic nitrogens is 2. The quantitative estimate of drug-likeness (QED) is 0.0447. The van der Waals surface area contributed by atoms with Gasteiger partial charge >= 0.3 is 5.91 Å². The van der Waals surface area contributed by atoms with Crippen molar-refractivity contribution in [2.24, 2.45) is 0 Å². The van der Waals surface area contributed by atoms with E-state index in [1.807, 2.05) is 6.92 Å². The van der Waals surface area contributed by atoms with Crippen LogP contribution in [0, 0.1) is 5.82 Å². The van der Waals surface area contributed by atoms with Crippen molar-refractivity contribution in [1.82, 2.24) is 10.2 Å². The van der Waals surface area contributed by atoms with Crippen molar-refractivity contribution in [1.29, 1.82) is 0 Å². The Hall–Kier alpha value is -4.22. The maximum atomic E-state index is 14.2. The molecule has 1 saturated heterocycles. The summed E-state index contributed by atoms with van der Waals surface area (Å²) < 4.78 is 26.4. The molecule has 0 bridgehead atoms. The molecule has 8 nitrogen and oxygen atoms in total. The molecular weight excluding hydrogens is 614 g/mol. The third kappa shape index (κ3) is 6.46. The number of ketones is 1. The largest absolute Gasteiger partial charge is 0.507 e. The fourth-order valence-electron chi connectivity index (χ4n) is 5.47. The molecule has 1 N–H and O–H groups in total. The summed E-state index contributed by atoms with van der Waals surface area (Å²) >= 11 is 2.42. The van der Waals surface area contributed by atoms with Gasteiger partial charge in [-0.3, -0.25) is 14.5 Å². The van der Waals surface area contributed by atoms with Crippen LogP contribution in [-0.2, 0) is 21.8 Å². The zero-order valence-electron chi connectivity index (χ0n) is 24.9. The smallest absolute Gasteiger partial charge is 0.301 e. The third-order valence-corrected chi connectivity index (χ3v) is 9.84. The monoisotopic (exact) mass is 645 g/mol. The minimum Gasteiger partial charge on any atom is -0.507 e. The third-order valence-electron chi connectivity index (χ3n) is 7.74. The summed E-state index contributed by atoms with van der Waals surface area (Å²) in [5, 5.41) is 20.3. The first-order valence-corrected chi connectivity index (χ1v) is 16.7. The Kier molecular flexibility index (Phi) is 9.18. The topological polar surface area (TPSA) is 102 Å². The fraction of sp³-hybridized carbons (Fsp3) is 0.294. The molecule has 11 heteroatoms. The highest BCUT2D eigenvalue weighted by atomic mass is 32.2. The van der Waals surface area contributed by atoms with Gasteiger partial charge < -0.3 is 14.6 Å². The minimum absolute atomic E-state index is 0.00790. The number of carbonyl (C=O) groups excluding carboxylic acids is 2. The SMILES string of the molecule is CCCCCOc1ccc(C2/C(=C(\O)c3ccc4c(c3)CC(C)O4)C(=O)C(=O)N2c2nnc(SCc3ccccc3F)s2)cc1. The number of ether oxygens (including phenoxy) is 2. The first-order chi connectivity index (χ1) is 21.8. The molecule has 0 spiro atoms. The first-order valence-electron chi connectivity index (χ1n) is 14.9. The highest BCUT2D eigenvalue weighted by Gasteiger charge is 2.48. The average molecular weight is 646 g/mol. The van der Waals surface area contributed by atoms with Gasteiger partial charge in [-0.2, -0.15) is 0 Å². The number of halogens is 1. The summed E-state index contributed by atoms with van der Waals surface area (Å²) in [7, 11) is 0. The summed E-state index contributed by atoms with van der Waals surface area (Å²) in [6.45, 7) is 4.68. The van der Waals surface area contributed by atoms with E-state index < -0.39 is 17.7 Å². The van der Waals surface area contributed by atoms with Crippen LogP contribution in [0.25, 0.3) is 5.76 Å². The van der Waals surface area contributed by atoms with Gasteiger partial charge in [-0.05, 0) is 66.4 Å². The van der Waals surface area contributed by atoms with E-state index in [0.717, 1.165) is 41.9 Å². The molecule has 4 aromatic rings. The summed E-state index contributed by atoms with van der Waals surface area (Å²) in [6, 6.07) is 18.0. The molecule has 3 aromatic carbocycles. The van der Waals surface area contributed by atoms with E-state index in [4.69, 9.17) is 9.47 Å². The van der Waals surface area contributed by atoms with E-state index in [1.54, 1.807) is 60.7 Å². The van der Waals surface area contributed by atoms with Crippen molar-refractivity contribution in [3.8, 4) is 11.5 Å². The highest BCUT2D eigenvalue weighted by molar-refractivity contribution is 8.00. The maximum absolute atomic E-state index is 14.2. The van der Waals surface area contributed by atoms with E-state index in [2.05, 4.69) is 17.1 Å². The number of aliphatic hydroxyl groups is 1. The van der Waals surface area contributed by atoms with Crippen LogP contribution < -0.4 is 14.4 Å². The molecule has 0 radical (unpaired) electrons. The zero-order valence-corrected chi connectivity index (χ0v) is 26.5. The second kappa shape index (κ2) is 13.4. The predicted molar refractivity (Wildman–Crippen MR) is 172 cm³/mol. The molecule has 6 rings (SSSR count). The summed E-state index contributed by atoms with van der Waals surface area (Å²) in [4.78, 5) is 28.6. The lowest BCUT2D eigenvalue weighted by Gasteiger charge is -2.22. The molecule has 2 aliphatic rings. The number of thioether (sulfide) groups is 1. The minimum atomic E-state index is -0.958. The molecule has 2 unspecified atom stereocenters. The lowest BCUT2D eigenvalue weighted by Crippen LogP contribution is -2.29. The molecule has 232 valence electrons. The second-order valence-electron chi connectivity index (χ2n) is 11.0. The molecule has 0 aliphatic carbocycles. The van der Waals surface area contributed by atoms with Crippen molar-refractivity contribution >= 4 is 45.7 Å². The number of anilines is 1. The molecule has 1 fully saturated rings. The average Bonchev–Trinajstić information content (AvgIpc) is 3.73. The Balaban J connectivity index is 1.35. The van der Waals surface area contributed by atoms with E-state index in [0.29, 0.717) is 45.6 Å². The van der Waals surface area contributed by atoms with E-state index in [-0.39, 0.29) is 28.4 Å². The molecule has 1 aromatic heterocycles. The van der Waals surface area contributed by atoms with Gasteiger partial charge in [-0.25, -0.2) is 4.39 Å². The van der Waals surface area contributed by atoms with Crippen LogP contribution in [0.1, 0.15) is 61.4 Å². The van der Waals surface area contributed by atoms with Crippen LogP contribution in [0.4, 0.5) is 9.52 Å². The van der Waals surface area contributed by atoms with Crippen LogP contribution in [0.2, 0.25) is 0 Å². The molecule has 2 aliphatic heterocycles. The van der Waals surface area contributed by atoms with Gasteiger partial charge in [0.2, 0.25) is 5.13 Å². The van der Waals surface area contributed by atoms with Crippen molar-refractivity contribution in [2.75, 3.05) is 11.5 Å². The number of amides is 1. The van der Waals surface area contributed by atoms with Gasteiger partial charge in [0, 0.05) is 17.7 Å². The summed E-state index contributed by atoms with van der Waals surface area (Å²) in [6.07, 6.45) is 3.78. The molecule has 3 heterocycles. The molecule has 0 saturated carbocycles. The summed E-state index contributed by atoms with van der Waals surface area (Å²) in [5.41, 5.74) is 2.42. The maximum Gasteiger partial charge on any atom is 0.301 e. The Bertz CT molecular complexity index is 1760. The number of nitrogens with zero attached hydrogens (tertiary/aromatic N) is 3. The fourth-order valence-corrected chi connectivity index (χ4v) is 7.33. The predicted octanol–water partition coefficient (Wildman–Crippen LogP) is 7.49. The van der Waals surface area contributed by atoms with Crippen molar-refractivity contribution in [3.63, 3.8) is 0 Å². The Labute approximate surface area is 268 Å². The second-order valence-corrected chi connectivity index (χ2v) is 13.2. The number of hydrogen-bond acceptors (Lipinski definition) is 9. The number of unbranched alkanes of at least 4 members (excludes halogenated alkanes) is 2. The molecule has 1 amide bonds. The van der Waals surface area contributed by atoms with Crippen LogP contribution in [0.3, 0.4) is 0 Å². The number of carbonyl (C=O) groups is 2. The zero-order chi connectivity index (χ0) is 31.5. The molecule has 2 atom stereocenters. The number of hydrogen-bond donors (Lipinski definition) is 1. The Morgan fingerprint density at radius 2 is 1.91 bits per heavy atom. The first kappa shape index (κ1) is 30.8. The Morgan fingerprint density at radius 1 is 1.11 bits per heavy atom. The Morgan fingerprint density at radius 3 is 2.69 bits per heavy atom. The van der Waals surface area contributed by atoms with Crippen molar-refractivity contribution in [3.05, 3.63) is 100 Å². The van der Waals surface area contributed by atoms with Crippen molar-refractivity contribution < 1.29 is 28.6 Å². The number of fused-ring (bicyclic) bond motifs is 1. The number of rotatable bonds is 11. The number of benzene rings is 3. The van der Waals surface area contributed by atoms with Gasteiger partial charge in [0.05, 0.1) is 18.2 Å². The van der Waals surface area contributed by atoms with Crippen LogP contribution in [-0.4, -0.2) is 39.7 Å². The van der Waals surface area contributed by atoms with E-state index in [1.165, 1.54) is 22.7 Å². The molecule has 45 heavy (non-hydrogen) atoms.